The second-order valence-electron chi connectivity index (χ2n) is 6.99. The lowest BCUT2D eigenvalue weighted by Gasteiger charge is -2.31. The van der Waals surface area contributed by atoms with Crippen LogP contribution >= 0.6 is 0 Å². The first-order valence-electron chi connectivity index (χ1n) is 9.21. The first kappa shape index (κ1) is 17.3. The number of anilines is 1. The van der Waals surface area contributed by atoms with E-state index >= 15 is 0 Å². The van der Waals surface area contributed by atoms with Crippen molar-refractivity contribution in [1.82, 2.24) is 14.9 Å². The van der Waals surface area contributed by atoms with Crippen LogP contribution in [0.3, 0.4) is 0 Å². The minimum Gasteiger partial charge on any atom is -0.357 e. The van der Waals surface area contributed by atoms with Crippen LogP contribution < -0.4 is 5.32 Å². The summed E-state index contributed by atoms with van der Waals surface area (Å²) < 4.78 is 0. The van der Waals surface area contributed by atoms with Crippen LogP contribution in [0.2, 0.25) is 0 Å². The van der Waals surface area contributed by atoms with Crippen molar-refractivity contribution in [2.45, 2.75) is 25.7 Å². The first-order valence-corrected chi connectivity index (χ1v) is 9.21. The molecule has 2 N–H and O–H groups in total. The lowest BCUT2D eigenvalue weighted by atomic mass is 9.93. The summed E-state index contributed by atoms with van der Waals surface area (Å²) in [5, 5.41) is 2.71. The van der Waals surface area contributed by atoms with Crippen molar-refractivity contribution in [2.24, 2.45) is 0 Å². The molecule has 3 aromatic rings. The van der Waals surface area contributed by atoms with Crippen molar-refractivity contribution < 1.29 is 9.59 Å². The van der Waals surface area contributed by atoms with E-state index in [1.54, 1.807) is 30.5 Å². The molecule has 1 aliphatic heterocycles. The largest absolute Gasteiger partial charge is 0.357 e. The van der Waals surface area contributed by atoms with Crippen molar-refractivity contribution in [3.8, 4) is 0 Å². The first-order chi connectivity index (χ1) is 13.1. The minimum atomic E-state index is -0.122. The molecule has 1 aromatic carbocycles. The SMILES string of the molecule is CC(=O)Nc1ccc(C(=O)N2CCC(c3cc4ncccc4[nH]3)CC2)cc1. The Labute approximate surface area is 157 Å². The third-order valence-corrected chi connectivity index (χ3v) is 5.08. The van der Waals surface area contributed by atoms with E-state index in [2.05, 4.69) is 21.4 Å². The summed E-state index contributed by atoms with van der Waals surface area (Å²) in [5.74, 6) is 0.342. The van der Waals surface area contributed by atoms with E-state index < -0.39 is 0 Å². The Kier molecular flexibility index (Phi) is 4.62. The average molecular weight is 362 g/mol. The summed E-state index contributed by atoms with van der Waals surface area (Å²) in [6.07, 6.45) is 3.67. The number of rotatable bonds is 3. The van der Waals surface area contributed by atoms with Crippen molar-refractivity contribution in [1.29, 1.82) is 0 Å². The zero-order valence-corrected chi connectivity index (χ0v) is 15.2. The average Bonchev–Trinajstić information content (AvgIpc) is 3.12. The second-order valence-corrected chi connectivity index (χ2v) is 6.99. The number of hydrogen-bond acceptors (Lipinski definition) is 3. The molecule has 6 nitrogen and oxygen atoms in total. The van der Waals surface area contributed by atoms with E-state index in [0.717, 1.165) is 37.0 Å². The third kappa shape index (κ3) is 3.69. The zero-order valence-electron chi connectivity index (χ0n) is 15.2. The Morgan fingerprint density at radius 2 is 1.89 bits per heavy atom. The van der Waals surface area contributed by atoms with Gasteiger partial charge in [-0.2, -0.15) is 0 Å². The number of carbonyl (C=O) groups is 2. The molecule has 138 valence electrons. The van der Waals surface area contributed by atoms with Crippen LogP contribution in [0.4, 0.5) is 5.69 Å². The number of piperidine rings is 1. The van der Waals surface area contributed by atoms with Crippen LogP contribution in [-0.2, 0) is 4.79 Å². The molecule has 1 saturated heterocycles. The highest BCUT2D eigenvalue weighted by Crippen LogP contribution is 2.30. The molecule has 2 aromatic heterocycles. The molecule has 0 unspecified atom stereocenters. The van der Waals surface area contributed by atoms with E-state index in [1.165, 1.54) is 12.6 Å². The van der Waals surface area contributed by atoms with Crippen LogP contribution in [0.25, 0.3) is 11.0 Å². The smallest absolute Gasteiger partial charge is 0.253 e. The van der Waals surface area contributed by atoms with Gasteiger partial charge in [-0.3, -0.25) is 14.6 Å². The number of pyridine rings is 1. The highest BCUT2D eigenvalue weighted by Gasteiger charge is 2.25. The molecule has 6 heteroatoms. The normalized spacial score (nSPS) is 15.1. The van der Waals surface area contributed by atoms with Crippen LogP contribution in [0.1, 0.15) is 41.7 Å². The number of H-pyrrole nitrogens is 1. The maximum Gasteiger partial charge on any atom is 0.253 e. The summed E-state index contributed by atoms with van der Waals surface area (Å²) in [6, 6.07) is 13.2. The Morgan fingerprint density at radius 1 is 1.15 bits per heavy atom. The van der Waals surface area contributed by atoms with Crippen molar-refractivity contribution in [3.63, 3.8) is 0 Å². The topological polar surface area (TPSA) is 78.1 Å². The van der Waals surface area contributed by atoms with Gasteiger partial charge in [0.25, 0.3) is 5.91 Å². The fourth-order valence-electron chi connectivity index (χ4n) is 3.67. The molecule has 4 rings (SSSR count). The van der Waals surface area contributed by atoms with Crippen molar-refractivity contribution in [3.05, 3.63) is 59.9 Å². The molecule has 0 radical (unpaired) electrons. The monoisotopic (exact) mass is 362 g/mol. The maximum absolute atomic E-state index is 12.7. The second kappa shape index (κ2) is 7.23. The molecule has 0 aliphatic carbocycles. The molecule has 0 bridgehead atoms. The number of hydrogen-bond donors (Lipinski definition) is 2. The number of aromatic nitrogens is 2. The number of amides is 2. The molecule has 0 atom stereocenters. The molecule has 27 heavy (non-hydrogen) atoms. The number of likely N-dealkylation sites (tertiary alicyclic amines) is 1. The Morgan fingerprint density at radius 3 is 2.56 bits per heavy atom. The van der Waals surface area contributed by atoms with Gasteiger partial charge in [-0.1, -0.05) is 0 Å². The zero-order chi connectivity index (χ0) is 18.8. The standard InChI is InChI=1S/C21H22N4O2/c1-14(26)23-17-6-4-16(5-7-17)21(27)25-11-8-15(9-12-25)19-13-20-18(24-19)3-2-10-22-20/h2-7,10,13,15,24H,8-9,11-12H2,1H3,(H,23,26). The fraction of sp³-hybridized carbons (Fsp3) is 0.286. The molecule has 1 fully saturated rings. The fourth-order valence-corrected chi connectivity index (χ4v) is 3.67. The third-order valence-electron chi connectivity index (χ3n) is 5.08. The van der Waals surface area contributed by atoms with E-state index in [4.69, 9.17) is 0 Å². The summed E-state index contributed by atoms with van der Waals surface area (Å²) in [6.45, 7) is 2.94. The molecule has 0 saturated carbocycles. The van der Waals surface area contributed by atoms with Gasteiger partial charge in [-0.25, -0.2) is 0 Å². The van der Waals surface area contributed by atoms with Gasteiger partial charge in [0.2, 0.25) is 5.91 Å². The van der Waals surface area contributed by atoms with Gasteiger partial charge in [0.05, 0.1) is 11.0 Å². The quantitative estimate of drug-likeness (QED) is 0.748. The van der Waals surface area contributed by atoms with Crippen LogP contribution in [0, 0.1) is 0 Å². The van der Waals surface area contributed by atoms with Crippen LogP contribution in [-0.4, -0.2) is 39.8 Å². The molecule has 0 spiro atoms. The summed E-state index contributed by atoms with van der Waals surface area (Å²) in [5.41, 5.74) is 4.61. The molecular formula is C21H22N4O2. The molecule has 2 amide bonds. The van der Waals surface area contributed by atoms with Gasteiger partial charge in [0.1, 0.15) is 0 Å². The Bertz CT molecular complexity index is 936. The van der Waals surface area contributed by atoms with Gasteiger partial charge in [0.15, 0.2) is 0 Å². The van der Waals surface area contributed by atoms with Crippen molar-refractivity contribution >= 4 is 28.5 Å². The van der Waals surface area contributed by atoms with E-state index in [0.29, 0.717) is 17.2 Å². The van der Waals surface area contributed by atoms with Crippen LogP contribution in [0.15, 0.2) is 48.7 Å². The van der Waals surface area contributed by atoms with E-state index in [9.17, 15) is 9.59 Å². The molecule has 1 aliphatic rings. The van der Waals surface area contributed by atoms with Gasteiger partial charge in [0, 0.05) is 49.1 Å². The van der Waals surface area contributed by atoms with Gasteiger partial charge < -0.3 is 15.2 Å². The van der Waals surface area contributed by atoms with Crippen LogP contribution in [0.5, 0.6) is 0 Å². The number of carbonyl (C=O) groups excluding carboxylic acids is 2. The van der Waals surface area contributed by atoms with Gasteiger partial charge in [-0.05, 0) is 55.3 Å². The van der Waals surface area contributed by atoms with E-state index in [-0.39, 0.29) is 11.8 Å². The predicted molar refractivity (Wildman–Crippen MR) is 105 cm³/mol. The number of nitrogens with zero attached hydrogens (tertiary/aromatic N) is 2. The predicted octanol–water partition coefficient (Wildman–Crippen LogP) is 3.54. The number of benzene rings is 1. The highest BCUT2D eigenvalue weighted by molar-refractivity contribution is 5.95. The van der Waals surface area contributed by atoms with E-state index in [1.807, 2.05) is 17.0 Å². The lowest BCUT2D eigenvalue weighted by molar-refractivity contribution is -0.114. The van der Waals surface area contributed by atoms with Crippen molar-refractivity contribution in [2.75, 3.05) is 18.4 Å². The lowest BCUT2D eigenvalue weighted by Crippen LogP contribution is -2.38. The Hall–Kier alpha value is -3.15. The summed E-state index contributed by atoms with van der Waals surface area (Å²) >= 11 is 0. The highest BCUT2D eigenvalue weighted by atomic mass is 16.2. The van der Waals surface area contributed by atoms with Gasteiger partial charge >= 0.3 is 0 Å². The minimum absolute atomic E-state index is 0.0427. The number of fused-ring (bicyclic) bond motifs is 1. The molecule has 3 heterocycles. The summed E-state index contributed by atoms with van der Waals surface area (Å²) in [7, 11) is 0. The number of aromatic amines is 1. The maximum atomic E-state index is 12.7. The molecular weight excluding hydrogens is 340 g/mol. The summed E-state index contributed by atoms with van der Waals surface area (Å²) in [4.78, 5) is 33.6. The number of nitrogens with one attached hydrogen (secondary N) is 2. The van der Waals surface area contributed by atoms with Gasteiger partial charge in [-0.15, -0.1) is 0 Å². The Balaban J connectivity index is 1.39.